The van der Waals surface area contributed by atoms with E-state index in [0.717, 1.165) is 10.7 Å². The molecule has 1 heterocycles. The number of aliphatic carboxylic acids is 1. The van der Waals surface area contributed by atoms with E-state index in [-0.39, 0.29) is 18.1 Å². The molecule has 1 amide bonds. The van der Waals surface area contributed by atoms with Crippen molar-refractivity contribution in [2.45, 2.75) is 25.1 Å². The van der Waals surface area contributed by atoms with Gasteiger partial charge in [-0.3, -0.25) is 4.79 Å². The van der Waals surface area contributed by atoms with Crippen LogP contribution in [0.25, 0.3) is 0 Å². The van der Waals surface area contributed by atoms with E-state index in [0.29, 0.717) is 5.75 Å². The largest absolute Gasteiger partial charge is 0.480 e. The monoisotopic (exact) mass is 300 g/mol. The topological polar surface area (TPSA) is 79.3 Å². The number of carboxylic acid groups (broad SMARTS) is 1. The highest BCUT2D eigenvalue weighted by atomic mass is 32.2. The minimum Gasteiger partial charge on any atom is -0.480 e. The predicted molar refractivity (Wildman–Crippen MR) is 77.4 cm³/mol. The Morgan fingerprint density at radius 3 is 2.95 bits per heavy atom. The van der Waals surface area contributed by atoms with Gasteiger partial charge in [0.15, 0.2) is 0 Å². The quantitative estimate of drug-likeness (QED) is 0.716. The maximum atomic E-state index is 11.6. The molecule has 0 spiro atoms. The highest BCUT2D eigenvalue weighted by molar-refractivity contribution is 7.99. The SMILES string of the molecule is C=CCC(NC(=O)CSCc1csc(C)n1)C(=O)O. The van der Waals surface area contributed by atoms with Gasteiger partial charge in [-0.15, -0.1) is 29.7 Å². The molecule has 0 fully saturated rings. The summed E-state index contributed by atoms with van der Waals surface area (Å²) in [7, 11) is 0. The van der Waals surface area contributed by atoms with Gasteiger partial charge in [-0.1, -0.05) is 6.08 Å². The van der Waals surface area contributed by atoms with Crippen LogP contribution >= 0.6 is 23.1 Å². The Morgan fingerprint density at radius 2 is 2.42 bits per heavy atom. The molecule has 5 nitrogen and oxygen atoms in total. The first-order valence-corrected chi connectivity index (χ1v) is 7.68. The van der Waals surface area contributed by atoms with Crippen LogP contribution in [-0.4, -0.2) is 33.8 Å². The Labute approximate surface area is 120 Å². The van der Waals surface area contributed by atoms with Crippen LogP contribution in [-0.2, 0) is 15.3 Å². The molecule has 0 aromatic carbocycles. The number of carboxylic acids is 1. The third-order valence-corrected chi connectivity index (χ3v) is 3.97. The summed E-state index contributed by atoms with van der Waals surface area (Å²) in [5.74, 6) is -0.464. The minimum absolute atomic E-state index is 0.219. The normalized spacial score (nSPS) is 11.8. The van der Waals surface area contributed by atoms with Gasteiger partial charge in [-0.25, -0.2) is 9.78 Å². The lowest BCUT2D eigenvalue weighted by molar-refractivity contribution is -0.141. The van der Waals surface area contributed by atoms with Crippen molar-refractivity contribution in [3.05, 3.63) is 28.7 Å². The van der Waals surface area contributed by atoms with Gasteiger partial charge in [-0.05, 0) is 13.3 Å². The van der Waals surface area contributed by atoms with Gasteiger partial charge in [0.05, 0.1) is 16.5 Å². The molecule has 1 rings (SSSR count). The minimum atomic E-state index is -1.05. The molecule has 2 N–H and O–H groups in total. The molecule has 0 aliphatic heterocycles. The van der Waals surface area contributed by atoms with Crippen molar-refractivity contribution in [1.29, 1.82) is 0 Å². The average molecular weight is 300 g/mol. The zero-order valence-electron chi connectivity index (χ0n) is 10.6. The van der Waals surface area contributed by atoms with Crippen LogP contribution in [0.1, 0.15) is 17.1 Å². The smallest absolute Gasteiger partial charge is 0.326 e. The highest BCUT2D eigenvalue weighted by Gasteiger charge is 2.17. The van der Waals surface area contributed by atoms with Gasteiger partial charge < -0.3 is 10.4 Å². The van der Waals surface area contributed by atoms with Crippen LogP contribution in [0.5, 0.6) is 0 Å². The van der Waals surface area contributed by atoms with Gasteiger partial charge in [0.25, 0.3) is 0 Å². The Kier molecular flexibility index (Phi) is 6.58. The fraction of sp³-hybridized carbons (Fsp3) is 0.417. The van der Waals surface area contributed by atoms with Gasteiger partial charge in [-0.2, -0.15) is 0 Å². The van der Waals surface area contributed by atoms with Crippen molar-refractivity contribution >= 4 is 35.0 Å². The third kappa shape index (κ3) is 5.89. The Hall–Kier alpha value is -1.34. The Balaban J connectivity index is 2.30. The van der Waals surface area contributed by atoms with Crippen molar-refractivity contribution < 1.29 is 14.7 Å². The van der Waals surface area contributed by atoms with Crippen LogP contribution in [0.3, 0.4) is 0 Å². The van der Waals surface area contributed by atoms with Crippen LogP contribution in [0.15, 0.2) is 18.0 Å². The van der Waals surface area contributed by atoms with Crippen LogP contribution in [0, 0.1) is 6.92 Å². The molecule has 0 aliphatic rings. The predicted octanol–water partition coefficient (Wildman–Crippen LogP) is 1.83. The maximum Gasteiger partial charge on any atom is 0.326 e. The molecule has 0 bridgehead atoms. The summed E-state index contributed by atoms with van der Waals surface area (Å²) in [6.45, 7) is 5.40. The van der Waals surface area contributed by atoms with Gasteiger partial charge >= 0.3 is 5.97 Å². The number of amides is 1. The van der Waals surface area contributed by atoms with E-state index in [1.807, 2.05) is 12.3 Å². The van der Waals surface area contributed by atoms with Gasteiger partial charge in [0, 0.05) is 11.1 Å². The molecule has 0 saturated carbocycles. The van der Waals surface area contributed by atoms with Crippen LogP contribution < -0.4 is 5.32 Å². The number of hydrogen-bond donors (Lipinski definition) is 2. The number of aryl methyl sites for hydroxylation is 1. The molecular weight excluding hydrogens is 284 g/mol. The number of rotatable bonds is 8. The zero-order valence-corrected chi connectivity index (χ0v) is 12.2. The van der Waals surface area contributed by atoms with Crippen molar-refractivity contribution in [3.8, 4) is 0 Å². The summed E-state index contributed by atoms with van der Waals surface area (Å²) in [5.41, 5.74) is 0.946. The molecule has 1 aromatic heterocycles. The van der Waals surface area contributed by atoms with Gasteiger partial charge in [0.2, 0.25) is 5.91 Å². The fourth-order valence-electron chi connectivity index (χ4n) is 1.35. The molecular formula is C12H16N2O3S2. The number of thioether (sulfide) groups is 1. The van der Waals surface area contributed by atoms with Crippen molar-refractivity contribution in [2.24, 2.45) is 0 Å². The highest BCUT2D eigenvalue weighted by Crippen LogP contribution is 2.14. The molecule has 0 saturated heterocycles. The second-order valence-electron chi connectivity index (χ2n) is 3.83. The van der Waals surface area contributed by atoms with E-state index in [4.69, 9.17) is 5.11 Å². The zero-order chi connectivity index (χ0) is 14.3. The van der Waals surface area contributed by atoms with E-state index < -0.39 is 12.0 Å². The molecule has 0 aliphatic carbocycles. The average Bonchev–Trinajstić information content (AvgIpc) is 2.74. The van der Waals surface area contributed by atoms with E-state index in [9.17, 15) is 9.59 Å². The Bertz CT molecular complexity index is 460. The summed E-state index contributed by atoms with van der Waals surface area (Å²) in [5, 5.41) is 14.3. The lowest BCUT2D eigenvalue weighted by Crippen LogP contribution is -2.41. The summed E-state index contributed by atoms with van der Waals surface area (Å²) in [4.78, 5) is 26.7. The lowest BCUT2D eigenvalue weighted by Gasteiger charge is -2.11. The molecule has 0 radical (unpaired) electrons. The molecule has 104 valence electrons. The summed E-state index contributed by atoms with van der Waals surface area (Å²) in [6, 6.07) is -0.896. The van der Waals surface area contributed by atoms with Crippen molar-refractivity contribution in [2.75, 3.05) is 5.75 Å². The van der Waals surface area contributed by atoms with E-state index in [2.05, 4.69) is 16.9 Å². The summed E-state index contributed by atoms with van der Waals surface area (Å²) >= 11 is 2.98. The molecule has 1 atom stereocenters. The van der Waals surface area contributed by atoms with Crippen molar-refractivity contribution in [1.82, 2.24) is 10.3 Å². The number of aromatic nitrogens is 1. The number of nitrogens with zero attached hydrogens (tertiary/aromatic N) is 1. The van der Waals surface area contributed by atoms with Crippen molar-refractivity contribution in [3.63, 3.8) is 0 Å². The van der Waals surface area contributed by atoms with Crippen LogP contribution in [0.2, 0.25) is 0 Å². The number of carbonyl (C=O) groups excluding carboxylic acids is 1. The Morgan fingerprint density at radius 1 is 1.68 bits per heavy atom. The standard InChI is InChI=1S/C12H16N2O3S2/c1-3-4-10(12(16)17)14-11(15)7-18-5-9-6-19-8(2)13-9/h3,6,10H,1,4-5,7H2,2H3,(H,14,15)(H,16,17). The van der Waals surface area contributed by atoms with Crippen LogP contribution in [0.4, 0.5) is 0 Å². The van der Waals surface area contributed by atoms with E-state index in [1.54, 1.807) is 11.3 Å². The number of carbonyl (C=O) groups is 2. The third-order valence-electron chi connectivity index (χ3n) is 2.19. The van der Waals surface area contributed by atoms with E-state index >= 15 is 0 Å². The summed E-state index contributed by atoms with van der Waals surface area (Å²) < 4.78 is 0. The second-order valence-corrected chi connectivity index (χ2v) is 5.88. The fourth-order valence-corrected chi connectivity index (χ4v) is 2.79. The van der Waals surface area contributed by atoms with E-state index in [1.165, 1.54) is 17.8 Å². The number of nitrogens with one attached hydrogen (secondary N) is 1. The maximum absolute atomic E-state index is 11.6. The number of hydrogen-bond acceptors (Lipinski definition) is 5. The number of thiazole rings is 1. The second kappa shape index (κ2) is 7.96. The first kappa shape index (κ1) is 15.7. The molecule has 19 heavy (non-hydrogen) atoms. The lowest BCUT2D eigenvalue weighted by atomic mass is 10.2. The molecule has 1 unspecified atom stereocenters. The first-order valence-electron chi connectivity index (χ1n) is 5.64. The molecule has 7 heteroatoms. The van der Waals surface area contributed by atoms with Gasteiger partial charge in [0.1, 0.15) is 6.04 Å². The first-order chi connectivity index (χ1) is 9.02. The summed E-state index contributed by atoms with van der Waals surface area (Å²) in [6.07, 6.45) is 1.70. The molecule has 1 aromatic rings.